The van der Waals surface area contributed by atoms with Crippen LogP contribution in [0.15, 0.2) is 49.2 Å². The van der Waals surface area contributed by atoms with Crippen molar-refractivity contribution in [2.75, 3.05) is 18.4 Å². The quantitative estimate of drug-likeness (QED) is 0.616. The minimum atomic E-state index is -0.374. The molecule has 0 aliphatic carbocycles. The highest BCUT2D eigenvalue weighted by atomic mass is 35.5. The van der Waals surface area contributed by atoms with Crippen molar-refractivity contribution >= 4 is 40.7 Å². The summed E-state index contributed by atoms with van der Waals surface area (Å²) in [6, 6.07) is 7.98. The van der Waals surface area contributed by atoms with E-state index in [0.29, 0.717) is 40.1 Å². The molecule has 0 unspecified atom stereocenters. The van der Waals surface area contributed by atoms with Gasteiger partial charge in [0.15, 0.2) is 5.82 Å². The third kappa shape index (κ3) is 5.30. The van der Waals surface area contributed by atoms with Crippen molar-refractivity contribution in [3.05, 3.63) is 64.8 Å². The van der Waals surface area contributed by atoms with Gasteiger partial charge in [-0.3, -0.25) is 9.59 Å². The molecular weight excluding hydrogens is 415 g/mol. The molecule has 0 radical (unpaired) electrons. The Morgan fingerprint density at radius 1 is 1.21 bits per heavy atom. The minimum absolute atomic E-state index is 0.128. The topological polar surface area (TPSA) is 93.0 Å². The van der Waals surface area contributed by atoms with Gasteiger partial charge in [-0.2, -0.15) is 5.10 Å². The van der Waals surface area contributed by atoms with Crippen LogP contribution in [-0.2, 0) is 4.79 Å². The number of carbonyl (C=O) groups excluding carboxylic acids is 2. The summed E-state index contributed by atoms with van der Waals surface area (Å²) in [5.74, 6) is -0.204. The highest BCUT2D eigenvalue weighted by Gasteiger charge is 2.20. The maximum absolute atomic E-state index is 13.0. The molecule has 0 bridgehead atoms. The fourth-order valence-electron chi connectivity index (χ4n) is 2.66. The maximum atomic E-state index is 13.0. The van der Waals surface area contributed by atoms with Gasteiger partial charge in [0.25, 0.3) is 5.91 Å². The molecule has 0 saturated carbocycles. The minimum Gasteiger partial charge on any atom is -0.329 e. The van der Waals surface area contributed by atoms with Crippen molar-refractivity contribution in [1.29, 1.82) is 0 Å². The molecule has 0 aliphatic rings. The summed E-state index contributed by atoms with van der Waals surface area (Å²) < 4.78 is 1.45. The molecule has 0 aliphatic heterocycles. The standard InChI is InChI=1S/C19H18Cl2N6O2/c1-2-7-26(10-18(28)25-16-9-14(20)3-4-15(16)21)19(29)13-5-6-23-17(8-13)27-12-22-11-24-27/h3-6,8-9,11-12H,2,7,10H2,1H3,(H,25,28). The van der Waals surface area contributed by atoms with Crippen LogP contribution < -0.4 is 5.32 Å². The highest BCUT2D eigenvalue weighted by molar-refractivity contribution is 6.35. The van der Waals surface area contributed by atoms with E-state index >= 15 is 0 Å². The van der Waals surface area contributed by atoms with Crippen molar-refractivity contribution in [3.63, 3.8) is 0 Å². The fourth-order valence-corrected chi connectivity index (χ4v) is 3.00. The maximum Gasteiger partial charge on any atom is 0.254 e. The van der Waals surface area contributed by atoms with E-state index in [1.165, 1.54) is 28.4 Å². The predicted molar refractivity (Wildman–Crippen MR) is 110 cm³/mol. The molecule has 3 aromatic rings. The van der Waals surface area contributed by atoms with E-state index in [1.807, 2.05) is 6.92 Å². The van der Waals surface area contributed by atoms with Gasteiger partial charge in [-0.1, -0.05) is 30.1 Å². The second-order valence-corrected chi connectivity index (χ2v) is 6.99. The van der Waals surface area contributed by atoms with Crippen LogP contribution in [0.5, 0.6) is 0 Å². The van der Waals surface area contributed by atoms with E-state index in [9.17, 15) is 9.59 Å². The van der Waals surface area contributed by atoms with Gasteiger partial charge in [0.2, 0.25) is 5.91 Å². The molecule has 0 saturated heterocycles. The van der Waals surface area contributed by atoms with Crippen LogP contribution in [0, 0.1) is 0 Å². The molecule has 1 N–H and O–H groups in total. The van der Waals surface area contributed by atoms with Crippen molar-refractivity contribution < 1.29 is 9.59 Å². The van der Waals surface area contributed by atoms with Crippen molar-refractivity contribution in [3.8, 4) is 5.82 Å². The molecule has 29 heavy (non-hydrogen) atoms. The number of pyridine rings is 1. The zero-order chi connectivity index (χ0) is 20.8. The van der Waals surface area contributed by atoms with Gasteiger partial charge in [-0.25, -0.2) is 14.6 Å². The Balaban J connectivity index is 1.75. The Kier molecular flexibility index (Phi) is 6.79. The predicted octanol–water partition coefficient (Wildman–Crippen LogP) is 3.46. The Bertz CT molecular complexity index is 1010. The number of hydrogen-bond donors (Lipinski definition) is 1. The van der Waals surface area contributed by atoms with Gasteiger partial charge in [0.05, 0.1) is 10.7 Å². The third-order valence-electron chi connectivity index (χ3n) is 3.96. The summed E-state index contributed by atoms with van der Waals surface area (Å²) in [6.07, 6.45) is 5.07. The molecule has 2 aromatic heterocycles. The first-order chi connectivity index (χ1) is 14.0. The zero-order valence-corrected chi connectivity index (χ0v) is 17.1. The number of carbonyl (C=O) groups is 2. The summed E-state index contributed by atoms with van der Waals surface area (Å²) in [6.45, 7) is 2.21. The van der Waals surface area contributed by atoms with Gasteiger partial charge < -0.3 is 10.2 Å². The van der Waals surface area contributed by atoms with Crippen molar-refractivity contribution in [2.24, 2.45) is 0 Å². The molecule has 2 heterocycles. The fraction of sp³-hybridized carbons (Fsp3) is 0.211. The first-order valence-electron chi connectivity index (χ1n) is 8.83. The van der Waals surface area contributed by atoms with E-state index in [4.69, 9.17) is 23.2 Å². The first kappa shape index (κ1) is 20.8. The number of nitrogens with one attached hydrogen (secondary N) is 1. The van der Waals surface area contributed by atoms with Crippen LogP contribution in [0.25, 0.3) is 5.82 Å². The van der Waals surface area contributed by atoms with Crippen molar-refractivity contribution in [2.45, 2.75) is 13.3 Å². The molecule has 2 amide bonds. The second kappa shape index (κ2) is 9.49. The zero-order valence-electron chi connectivity index (χ0n) is 15.5. The lowest BCUT2D eigenvalue weighted by molar-refractivity contribution is -0.116. The molecule has 8 nitrogen and oxygen atoms in total. The van der Waals surface area contributed by atoms with Gasteiger partial charge in [0, 0.05) is 23.3 Å². The van der Waals surface area contributed by atoms with Crippen LogP contribution >= 0.6 is 23.2 Å². The molecule has 1 aromatic carbocycles. The third-order valence-corrected chi connectivity index (χ3v) is 4.53. The summed E-state index contributed by atoms with van der Waals surface area (Å²) >= 11 is 12.0. The summed E-state index contributed by atoms with van der Waals surface area (Å²) in [4.78, 5) is 35.0. The number of benzene rings is 1. The lowest BCUT2D eigenvalue weighted by Gasteiger charge is -2.22. The number of aromatic nitrogens is 4. The van der Waals surface area contributed by atoms with Crippen LogP contribution in [0.3, 0.4) is 0 Å². The Labute approximate surface area is 177 Å². The highest BCUT2D eigenvalue weighted by Crippen LogP contribution is 2.25. The number of rotatable bonds is 7. The first-order valence-corrected chi connectivity index (χ1v) is 9.58. The van der Waals surface area contributed by atoms with E-state index in [0.717, 1.165) is 0 Å². The summed E-state index contributed by atoms with van der Waals surface area (Å²) in [5.41, 5.74) is 0.790. The van der Waals surface area contributed by atoms with Crippen LogP contribution in [-0.4, -0.2) is 49.6 Å². The summed E-state index contributed by atoms with van der Waals surface area (Å²) in [5, 5.41) is 7.52. The monoisotopic (exact) mass is 432 g/mol. The molecule has 0 atom stereocenters. The number of halogens is 2. The molecular formula is C19H18Cl2N6O2. The van der Waals surface area contributed by atoms with E-state index < -0.39 is 0 Å². The average Bonchev–Trinajstić information content (AvgIpc) is 3.25. The summed E-state index contributed by atoms with van der Waals surface area (Å²) in [7, 11) is 0. The van der Waals surface area contributed by atoms with Crippen LogP contribution in [0.4, 0.5) is 5.69 Å². The number of anilines is 1. The second-order valence-electron chi connectivity index (χ2n) is 6.14. The Morgan fingerprint density at radius 3 is 2.76 bits per heavy atom. The van der Waals surface area contributed by atoms with Crippen molar-refractivity contribution in [1.82, 2.24) is 24.6 Å². The molecule has 10 heteroatoms. The van der Waals surface area contributed by atoms with E-state index in [1.54, 1.807) is 30.3 Å². The lowest BCUT2D eigenvalue weighted by atomic mass is 10.2. The van der Waals surface area contributed by atoms with E-state index in [-0.39, 0.29) is 18.4 Å². The van der Waals surface area contributed by atoms with Gasteiger partial charge in [-0.15, -0.1) is 0 Å². The largest absolute Gasteiger partial charge is 0.329 e. The number of hydrogen-bond acceptors (Lipinski definition) is 5. The molecule has 150 valence electrons. The SMILES string of the molecule is CCCN(CC(=O)Nc1cc(Cl)ccc1Cl)C(=O)c1ccnc(-n2cncn2)c1. The van der Waals surface area contributed by atoms with Crippen LogP contribution in [0.1, 0.15) is 23.7 Å². The Hall–Kier alpha value is -2.97. The van der Waals surface area contributed by atoms with Gasteiger partial charge >= 0.3 is 0 Å². The number of amides is 2. The average molecular weight is 433 g/mol. The smallest absolute Gasteiger partial charge is 0.254 e. The number of nitrogens with zero attached hydrogens (tertiary/aromatic N) is 5. The normalized spacial score (nSPS) is 10.6. The Morgan fingerprint density at radius 2 is 2.03 bits per heavy atom. The molecule has 0 fully saturated rings. The van der Waals surface area contributed by atoms with E-state index in [2.05, 4.69) is 20.4 Å². The molecule has 0 spiro atoms. The van der Waals surface area contributed by atoms with Crippen LogP contribution in [0.2, 0.25) is 10.0 Å². The molecule has 3 rings (SSSR count). The lowest BCUT2D eigenvalue weighted by Crippen LogP contribution is -2.38. The van der Waals surface area contributed by atoms with Gasteiger partial charge in [0.1, 0.15) is 19.2 Å². The van der Waals surface area contributed by atoms with Gasteiger partial charge in [-0.05, 0) is 36.8 Å².